The Morgan fingerprint density at radius 1 is 0.507 bits per heavy atom. The third-order valence-corrected chi connectivity index (χ3v) is 33.3. The van der Waals surface area contributed by atoms with Gasteiger partial charge in [-0.15, -0.1) is 0 Å². The number of hydrogen-bond acceptors (Lipinski definition) is 45. The zero-order chi connectivity index (χ0) is 101. The van der Waals surface area contributed by atoms with E-state index in [1.807, 2.05) is 20.8 Å². The van der Waals surface area contributed by atoms with E-state index in [2.05, 4.69) is 26.8 Å². The maximum atomic E-state index is 16.4. The molecule has 4 saturated carbocycles. The number of esters is 3. The van der Waals surface area contributed by atoms with Gasteiger partial charge in [0, 0.05) is 12.8 Å². The van der Waals surface area contributed by atoms with Crippen LogP contribution in [0.1, 0.15) is 179 Å². The average Bonchev–Trinajstić information content (AvgIpc) is 0.707. The molecule has 13 rings (SSSR count). The number of carbonyl (C=O) groups is 5. The van der Waals surface area contributed by atoms with E-state index in [1.54, 1.807) is 27.7 Å². The Morgan fingerprint density at radius 3 is 1.69 bits per heavy atom. The molecule has 46 heteroatoms. The van der Waals surface area contributed by atoms with Crippen molar-refractivity contribution in [3.63, 3.8) is 0 Å². The number of rotatable bonds is 35. The zero-order valence-corrected chi connectivity index (χ0v) is 79.7. The van der Waals surface area contributed by atoms with E-state index < -0.39 is 378 Å². The number of carbonyl (C=O) groups excluding carboxylic acids is 4. The summed E-state index contributed by atoms with van der Waals surface area (Å²) in [6, 6.07) is 0. The van der Waals surface area contributed by atoms with Crippen LogP contribution < -0.4 is 0 Å². The van der Waals surface area contributed by atoms with E-state index in [4.69, 9.17) is 85.3 Å². The summed E-state index contributed by atoms with van der Waals surface area (Å²) in [7, 11) is 0. The summed E-state index contributed by atoms with van der Waals surface area (Å²) < 4.78 is 108. The molecule has 13 aliphatic rings. The maximum absolute atomic E-state index is 16.4. The number of ether oxygens (including phenoxy) is 18. The number of aliphatic hydroxyl groups excluding tert-OH is 21. The molecular weight excluding hydrogens is 1840 g/mol. The highest BCUT2D eigenvalue weighted by Crippen LogP contribution is 2.76. The van der Waals surface area contributed by atoms with Crippen LogP contribution >= 0.6 is 0 Å². The lowest BCUT2D eigenvalue weighted by atomic mass is 9.33. The fourth-order valence-corrected chi connectivity index (χ4v) is 24.1. The van der Waals surface area contributed by atoms with Crippen molar-refractivity contribution in [1.82, 2.24) is 0 Å². The van der Waals surface area contributed by atoms with Crippen LogP contribution in [-0.2, 0) is 109 Å². The third kappa shape index (κ3) is 21.4. The molecule has 23 N–H and O–H groups in total. The van der Waals surface area contributed by atoms with Gasteiger partial charge in [-0.2, -0.15) is 0 Å². The highest BCUT2D eigenvalue weighted by molar-refractivity contribution is 5.80. The molecule has 0 aromatic heterocycles. The molecule has 8 heterocycles. The van der Waals surface area contributed by atoms with Gasteiger partial charge in [-0.25, -0.2) is 4.79 Å². The highest BCUT2D eigenvalue weighted by Gasteiger charge is 2.74. The third-order valence-electron chi connectivity index (χ3n) is 33.3. The minimum absolute atomic E-state index is 0.0127. The largest absolute Gasteiger partial charge is 0.479 e. The van der Waals surface area contributed by atoms with Crippen LogP contribution in [0.25, 0.3) is 0 Å². The van der Waals surface area contributed by atoms with Crippen LogP contribution in [0.15, 0.2) is 11.6 Å². The average molecular weight is 1990 g/mol. The summed E-state index contributed by atoms with van der Waals surface area (Å²) in [5, 5.41) is 256. The van der Waals surface area contributed by atoms with E-state index >= 15 is 4.79 Å². The summed E-state index contributed by atoms with van der Waals surface area (Å²) in [5.41, 5.74) is -7.70. The van der Waals surface area contributed by atoms with E-state index in [1.165, 1.54) is 13.8 Å². The molecule has 0 aromatic rings. The van der Waals surface area contributed by atoms with E-state index in [9.17, 15) is 137 Å². The molecule has 51 atom stereocenters. The van der Waals surface area contributed by atoms with Crippen molar-refractivity contribution >= 4 is 30.2 Å². The minimum atomic E-state index is -2.27. The van der Waals surface area contributed by atoms with Gasteiger partial charge in [0.25, 0.3) is 0 Å². The van der Waals surface area contributed by atoms with Crippen molar-refractivity contribution in [2.75, 3.05) is 39.6 Å². The van der Waals surface area contributed by atoms with Gasteiger partial charge in [0.05, 0.1) is 101 Å². The van der Waals surface area contributed by atoms with E-state index in [0.29, 0.717) is 51.4 Å². The monoisotopic (exact) mass is 1990 g/mol. The number of fused-ring (bicyclic) bond motifs is 7. The van der Waals surface area contributed by atoms with Gasteiger partial charge in [-0.3, -0.25) is 14.4 Å². The number of carboxylic acids is 1. The Bertz CT molecular complexity index is 4100. The summed E-state index contributed by atoms with van der Waals surface area (Å²) >= 11 is 0. The summed E-state index contributed by atoms with van der Waals surface area (Å²) in [6.07, 6.45) is -66.5. The van der Waals surface area contributed by atoms with Crippen LogP contribution in [0.2, 0.25) is 0 Å². The molecule has 46 nitrogen and oxygen atoms in total. The van der Waals surface area contributed by atoms with Gasteiger partial charge in [0.1, 0.15) is 152 Å². The van der Waals surface area contributed by atoms with Crippen LogP contribution in [-0.4, -0.2) is 439 Å². The molecule has 5 aliphatic carbocycles. The number of aliphatic hydroxyl groups is 22. The van der Waals surface area contributed by atoms with Crippen molar-refractivity contribution < 1.29 is 227 Å². The molecular formula is C92H148O46. The van der Waals surface area contributed by atoms with Crippen molar-refractivity contribution in [3.8, 4) is 0 Å². The van der Waals surface area contributed by atoms with Gasteiger partial charge >= 0.3 is 23.9 Å². The van der Waals surface area contributed by atoms with Crippen LogP contribution in [0.5, 0.6) is 0 Å². The van der Waals surface area contributed by atoms with Crippen molar-refractivity contribution in [3.05, 3.63) is 11.6 Å². The molecule has 0 bridgehead atoms. The minimum Gasteiger partial charge on any atom is -0.479 e. The molecule has 12 fully saturated rings. The molecule has 0 radical (unpaired) electrons. The molecule has 8 aliphatic heterocycles. The van der Waals surface area contributed by atoms with Gasteiger partial charge in [-0.1, -0.05) is 93.7 Å². The van der Waals surface area contributed by atoms with Crippen molar-refractivity contribution in [2.24, 2.45) is 62.1 Å². The van der Waals surface area contributed by atoms with Crippen LogP contribution in [0, 0.1) is 62.1 Å². The first-order valence-electron chi connectivity index (χ1n) is 48.3. The van der Waals surface area contributed by atoms with Crippen molar-refractivity contribution in [2.45, 2.75) is 431 Å². The van der Waals surface area contributed by atoms with Gasteiger partial charge in [-0.05, 0) is 123 Å². The molecule has 0 amide bonds. The highest BCUT2D eigenvalue weighted by atomic mass is 16.8. The molecule has 0 aromatic carbocycles. The first kappa shape index (κ1) is 111. The van der Waals surface area contributed by atoms with Crippen LogP contribution in [0.3, 0.4) is 0 Å². The van der Waals surface area contributed by atoms with Gasteiger partial charge in [0.2, 0.25) is 6.29 Å². The predicted molar refractivity (Wildman–Crippen MR) is 458 cm³/mol. The van der Waals surface area contributed by atoms with Crippen molar-refractivity contribution in [1.29, 1.82) is 0 Å². The molecule has 792 valence electrons. The van der Waals surface area contributed by atoms with Gasteiger partial charge in [0.15, 0.2) is 62.3 Å². The number of allylic oxidation sites excluding steroid dienone is 2. The Morgan fingerprint density at radius 2 is 1.06 bits per heavy atom. The Kier molecular flexibility index (Phi) is 35.5. The summed E-state index contributed by atoms with van der Waals surface area (Å²) in [4.78, 5) is 72.1. The number of aldehydes is 1. The molecule has 138 heavy (non-hydrogen) atoms. The Labute approximate surface area is 797 Å². The maximum Gasteiger partial charge on any atom is 0.335 e. The fourth-order valence-electron chi connectivity index (χ4n) is 24.1. The zero-order valence-electron chi connectivity index (χ0n) is 79.7. The SMILES string of the molecule is CC[C@H](C)[C@H](C[C@H](O)CC(=O)O[C@@H]1[C@H](O)[C@@H](O[C@@H]2O[C@@H](C)[C@H](O[C@@H]3OC[C@@H](O)[C@H](O[C@@H]4OC[C@](O)(CO)[C@H]4O)[C@H]3O)[C@@H](O)[C@H]2O)[C@H](OC(=O)[C@]23CCC(C)(C)C[C@H]2C2=CC[C@@H]4[C@@]5(C)CC[C@H](O[C@@H]6O[C@H](C(=O)O)[C@@H](O)[C@H](O[C@@H]7OC[C@@H](O)[C@H](O)[C@H]7O)[C@H]6O[C@@H]6O[C@H](CO)[C@@H](O)[C@H](O)[C@H]6O)[C@@](C)(C=O)[C@@H]5CC[C@@]4(C)[C@]2(C)C[C@H]3O)O[C@@H]1C)OC(=O)C[C@@H](O)C[C@H](O[C@@H]1O[C@@H](CO)[C@H](O)[C@H]1O)[C@@H](C)CC. The normalized spacial score (nSPS) is 48.7. The van der Waals surface area contributed by atoms with Gasteiger partial charge < -0.3 is 208 Å². The second-order valence-electron chi connectivity index (χ2n) is 42.6. The fraction of sp³-hybridized carbons (Fsp3) is 0.924. The molecule has 8 saturated heterocycles. The smallest absolute Gasteiger partial charge is 0.335 e. The number of carboxylic acid groups (broad SMARTS) is 1. The second kappa shape index (κ2) is 44.1. The predicted octanol–water partition coefficient (Wildman–Crippen LogP) is -5.69. The lowest BCUT2D eigenvalue weighted by Crippen LogP contribution is -2.69. The lowest BCUT2D eigenvalue weighted by Gasteiger charge is -2.71. The topological polar surface area (TPSA) is 717 Å². The molecule has 0 unspecified atom stereocenters. The summed E-state index contributed by atoms with van der Waals surface area (Å²) in [6.45, 7) is 17.6. The first-order chi connectivity index (χ1) is 64.8. The van der Waals surface area contributed by atoms with E-state index in [-0.39, 0.29) is 43.9 Å². The number of hydrogen-bond donors (Lipinski definition) is 23. The van der Waals surface area contributed by atoms with E-state index in [0.717, 1.165) is 11.9 Å². The molecule has 0 spiro atoms. The summed E-state index contributed by atoms with van der Waals surface area (Å²) in [5.74, 6) is -7.25. The number of aliphatic carboxylic acids is 1. The second-order valence-corrected chi connectivity index (χ2v) is 42.6. The Balaban J connectivity index is 0.748. The first-order valence-corrected chi connectivity index (χ1v) is 48.3. The quantitative estimate of drug-likeness (QED) is 0.00924. The lowest BCUT2D eigenvalue weighted by molar-refractivity contribution is -0.391. The van der Waals surface area contributed by atoms with Crippen LogP contribution in [0.4, 0.5) is 0 Å². The Hall–Kier alpha value is -4.19. The standard InChI is InChI=1S/C92H148O46/c1-13-36(3)46(126-54(102)25-41(98)24-47(37(4)14-2)127-80-62(110)58(106)49(30-94)128-80)23-40(97)26-55(103)131-69-39(6)125-82(73(65(69)113)136-79-64(112)60(108)68(38(5)124-79)132-78-67(115)70(45(100)32-122-78)133-84-75(116)91(120,34-96)35-123-84)138-85(119)92-22-21-86(7,8)27-43(92)42-15-16-51-87(9)19-18-53(88(10,33-95)50(87)17-20-89(51,11)90(42,12)28-52(92)101)130-83-74(137-81-63(111)59(107)57(105)48(29-93)129-81)71(66(114)72(135-83)76(117)118)134-77-61(109)56(104)44(99)31-121-77/h15,33,36-41,43-53,56-75,77-84,93-94,96-101,104-116,120H,13-14,16-32,34-35H2,1-12H3,(H,117,118)/t36-,37-,38-,39+,40-,41-,43-,44+,45+,46-,47-,48+,49-,50+,51+,52+,53-,56-,57+,58-,59-,60-,61+,62+,63+,64+,65-,66-,67+,68-,69-,70-,71-,72-,73+,74+,75-,77-,78-,79-,80+,81-,82-,83+,84-,87-,88-,89+,90+,91+,92+/m0/s1.